The van der Waals surface area contributed by atoms with Crippen molar-refractivity contribution in [3.05, 3.63) is 64.4 Å². The second kappa shape index (κ2) is 8.30. The summed E-state index contributed by atoms with van der Waals surface area (Å²) in [5, 5.41) is -0.0541. The Hall–Kier alpha value is -2.86. The van der Waals surface area contributed by atoms with Gasteiger partial charge in [-0.1, -0.05) is 23.7 Å². The van der Waals surface area contributed by atoms with Gasteiger partial charge in [0, 0.05) is 6.08 Å². The lowest BCUT2D eigenvalue weighted by atomic mass is 10.2. The van der Waals surface area contributed by atoms with Gasteiger partial charge in [0.25, 0.3) is 0 Å². The zero-order valence-electron chi connectivity index (χ0n) is 13.4. The van der Waals surface area contributed by atoms with Gasteiger partial charge in [-0.3, -0.25) is 0 Å². The van der Waals surface area contributed by atoms with Crippen molar-refractivity contribution >= 4 is 29.6 Å². The molecule has 0 saturated carbocycles. The van der Waals surface area contributed by atoms with Crippen LogP contribution in [0.25, 0.3) is 6.08 Å². The number of benzene rings is 2. The summed E-state index contributed by atoms with van der Waals surface area (Å²) in [6.45, 7) is 0. The number of methoxy groups -OCH3 is 2. The van der Waals surface area contributed by atoms with Crippen molar-refractivity contribution in [3.63, 3.8) is 0 Å². The average molecular weight is 365 g/mol. The Labute approximate surface area is 148 Å². The third-order valence-corrected chi connectivity index (χ3v) is 3.49. The van der Waals surface area contributed by atoms with E-state index in [-0.39, 0.29) is 22.1 Å². The average Bonchev–Trinajstić information content (AvgIpc) is 2.60. The molecule has 25 heavy (non-hydrogen) atoms. The molecule has 0 aliphatic heterocycles. The highest BCUT2D eigenvalue weighted by molar-refractivity contribution is 6.33. The summed E-state index contributed by atoms with van der Waals surface area (Å²) in [6.07, 6.45) is 2.74. The van der Waals surface area contributed by atoms with E-state index in [0.29, 0.717) is 5.56 Å². The summed E-state index contributed by atoms with van der Waals surface area (Å²) in [4.78, 5) is 23.3. The minimum atomic E-state index is -0.945. The highest BCUT2D eigenvalue weighted by atomic mass is 35.5. The molecule has 0 amide bonds. The number of carbonyl (C=O) groups is 2. The molecule has 7 heteroatoms. The molecule has 0 fully saturated rings. The van der Waals surface area contributed by atoms with Crippen molar-refractivity contribution in [2.45, 2.75) is 0 Å². The highest BCUT2D eigenvalue weighted by Gasteiger charge is 2.19. The monoisotopic (exact) mass is 364 g/mol. The summed E-state index contributed by atoms with van der Waals surface area (Å²) in [6, 6.07) is 8.48. The Morgan fingerprint density at radius 1 is 1.12 bits per heavy atom. The van der Waals surface area contributed by atoms with E-state index in [9.17, 15) is 14.0 Å². The lowest BCUT2D eigenvalue weighted by molar-refractivity contribution is -0.134. The summed E-state index contributed by atoms with van der Waals surface area (Å²) in [5.74, 6) is -1.92. The van der Waals surface area contributed by atoms with Gasteiger partial charge in [0.15, 0.2) is 11.5 Å². The van der Waals surface area contributed by atoms with Crippen LogP contribution in [0.1, 0.15) is 15.9 Å². The van der Waals surface area contributed by atoms with Crippen LogP contribution in [0.2, 0.25) is 5.02 Å². The van der Waals surface area contributed by atoms with Gasteiger partial charge in [0.1, 0.15) is 11.4 Å². The summed E-state index contributed by atoms with van der Waals surface area (Å²) in [5.41, 5.74) is 0.256. The number of ether oxygens (including phenoxy) is 3. The number of carbonyl (C=O) groups excluding carboxylic acids is 2. The largest absolute Gasteiger partial charge is 0.493 e. The van der Waals surface area contributed by atoms with Crippen LogP contribution >= 0.6 is 11.6 Å². The minimum absolute atomic E-state index is 0.0541. The zero-order chi connectivity index (χ0) is 18.4. The van der Waals surface area contributed by atoms with Crippen LogP contribution in [0.5, 0.6) is 11.5 Å². The van der Waals surface area contributed by atoms with E-state index in [4.69, 9.17) is 21.1 Å². The molecule has 0 aromatic heterocycles. The molecule has 0 atom stereocenters. The summed E-state index contributed by atoms with van der Waals surface area (Å²) in [7, 11) is 2.65. The Morgan fingerprint density at radius 3 is 2.52 bits per heavy atom. The van der Waals surface area contributed by atoms with Gasteiger partial charge in [-0.05, 0) is 35.9 Å². The van der Waals surface area contributed by atoms with E-state index < -0.39 is 17.8 Å². The zero-order valence-corrected chi connectivity index (χ0v) is 14.2. The van der Waals surface area contributed by atoms with E-state index in [0.717, 1.165) is 6.07 Å². The van der Waals surface area contributed by atoms with Crippen LogP contribution < -0.4 is 9.47 Å². The van der Waals surface area contributed by atoms with Gasteiger partial charge in [0.05, 0.1) is 19.2 Å². The van der Waals surface area contributed by atoms with Crippen molar-refractivity contribution in [3.8, 4) is 11.5 Å². The molecule has 2 aromatic carbocycles. The normalized spacial score (nSPS) is 10.6. The van der Waals surface area contributed by atoms with Gasteiger partial charge in [-0.25, -0.2) is 14.0 Å². The maximum Gasteiger partial charge on any atom is 0.348 e. The van der Waals surface area contributed by atoms with E-state index >= 15 is 0 Å². The predicted octanol–water partition coefficient (Wildman–Crippen LogP) is 3.89. The summed E-state index contributed by atoms with van der Waals surface area (Å²) < 4.78 is 28.6. The molecule has 0 aliphatic carbocycles. The second-order valence-electron chi connectivity index (χ2n) is 4.75. The molecule has 130 valence electrons. The maximum absolute atomic E-state index is 13.8. The van der Waals surface area contributed by atoms with E-state index in [1.165, 1.54) is 44.6 Å². The van der Waals surface area contributed by atoms with Gasteiger partial charge < -0.3 is 14.2 Å². The highest BCUT2D eigenvalue weighted by Crippen LogP contribution is 2.30. The van der Waals surface area contributed by atoms with Gasteiger partial charge in [0.2, 0.25) is 0 Å². The van der Waals surface area contributed by atoms with Crippen LogP contribution in [0, 0.1) is 5.82 Å². The molecule has 2 aromatic rings. The molecule has 5 nitrogen and oxygen atoms in total. The molecule has 0 spiro atoms. The van der Waals surface area contributed by atoms with Crippen molar-refractivity contribution in [2.24, 2.45) is 0 Å². The lowest BCUT2D eigenvalue weighted by Gasteiger charge is -2.11. The number of esters is 2. The first-order valence-corrected chi connectivity index (χ1v) is 7.44. The molecule has 0 unspecified atom stereocenters. The molecule has 0 N–H and O–H groups in total. The number of rotatable bonds is 5. The van der Waals surface area contributed by atoms with Crippen LogP contribution in [-0.2, 0) is 9.53 Å². The topological polar surface area (TPSA) is 61.8 Å². The van der Waals surface area contributed by atoms with Crippen LogP contribution in [0.15, 0.2) is 42.5 Å². The first-order valence-electron chi connectivity index (χ1n) is 7.06. The van der Waals surface area contributed by atoms with E-state index in [1.54, 1.807) is 12.1 Å². The van der Waals surface area contributed by atoms with Crippen LogP contribution in [0.4, 0.5) is 4.39 Å². The molecule has 0 radical (unpaired) electrons. The second-order valence-corrected chi connectivity index (χ2v) is 5.16. The standard InChI is InChI=1S/C18H14ClFO5/c1-23-15-10-11(7-9-16(21)24-2)6-8-14(15)25-18(22)17-12(19)4-3-5-13(17)20/h3-10H,1-2H3/b9-7+. The van der Waals surface area contributed by atoms with Crippen molar-refractivity contribution in [2.75, 3.05) is 14.2 Å². The fraction of sp³-hybridized carbons (Fsp3) is 0.111. The van der Waals surface area contributed by atoms with Crippen molar-refractivity contribution in [1.82, 2.24) is 0 Å². The fourth-order valence-electron chi connectivity index (χ4n) is 1.95. The van der Waals surface area contributed by atoms with Crippen LogP contribution in [-0.4, -0.2) is 26.2 Å². The van der Waals surface area contributed by atoms with Gasteiger partial charge in [-0.15, -0.1) is 0 Å². The molecular formula is C18H14ClFO5. The molecular weight excluding hydrogens is 351 g/mol. The van der Waals surface area contributed by atoms with Crippen LogP contribution in [0.3, 0.4) is 0 Å². The fourth-order valence-corrected chi connectivity index (χ4v) is 2.19. The third-order valence-electron chi connectivity index (χ3n) is 3.17. The van der Waals surface area contributed by atoms with E-state index in [2.05, 4.69) is 4.74 Å². The first kappa shape index (κ1) is 18.5. The quantitative estimate of drug-likeness (QED) is 0.457. The van der Waals surface area contributed by atoms with E-state index in [1.807, 2.05) is 0 Å². The smallest absolute Gasteiger partial charge is 0.348 e. The number of hydrogen-bond acceptors (Lipinski definition) is 5. The summed E-state index contributed by atoms with van der Waals surface area (Å²) >= 11 is 5.85. The first-order chi connectivity index (χ1) is 12.0. The Morgan fingerprint density at radius 2 is 1.88 bits per heavy atom. The maximum atomic E-state index is 13.8. The number of halogens is 2. The molecule has 0 saturated heterocycles. The lowest BCUT2D eigenvalue weighted by Crippen LogP contribution is -2.12. The van der Waals surface area contributed by atoms with Gasteiger partial charge >= 0.3 is 11.9 Å². The Kier molecular flexibility index (Phi) is 6.14. The van der Waals surface area contributed by atoms with Crippen molar-refractivity contribution < 1.29 is 28.2 Å². The Balaban J connectivity index is 2.26. The minimum Gasteiger partial charge on any atom is -0.493 e. The molecule has 2 rings (SSSR count). The molecule has 0 heterocycles. The molecule has 0 aliphatic rings. The number of hydrogen-bond donors (Lipinski definition) is 0. The SMILES string of the molecule is COC(=O)/C=C/c1ccc(OC(=O)c2c(F)cccc2Cl)c(OC)c1. The predicted molar refractivity (Wildman–Crippen MR) is 90.4 cm³/mol. The third kappa shape index (κ3) is 4.58. The molecule has 0 bridgehead atoms. The van der Waals surface area contributed by atoms with Gasteiger partial charge in [-0.2, -0.15) is 0 Å². The Bertz CT molecular complexity index is 812. The van der Waals surface area contributed by atoms with Crippen molar-refractivity contribution in [1.29, 1.82) is 0 Å².